The Balaban J connectivity index is 2.13. The van der Waals surface area contributed by atoms with E-state index in [1.807, 2.05) is 4.90 Å². The lowest BCUT2D eigenvalue weighted by molar-refractivity contribution is -0.0707. The van der Waals surface area contributed by atoms with Crippen molar-refractivity contribution in [2.75, 3.05) is 13.2 Å². The molecule has 3 rings (SSSR count). The molecule has 0 radical (unpaired) electrons. The van der Waals surface area contributed by atoms with Gasteiger partial charge in [0.15, 0.2) is 0 Å². The van der Waals surface area contributed by atoms with Crippen LogP contribution in [0.3, 0.4) is 0 Å². The van der Waals surface area contributed by atoms with Gasteiger partial charge in [0.05, 0.1) is 17.7 Å². The lowest BCUT2D eigenvalue weighted by Crippen LogP contribution is -2.58. The largest absolute Gasteiger partial charge is 0.441 e. The average Bonchev–Trinajstić information content (AvgIpc) is 2.49. The Hall–Kier alpha value is -0.770. The van der Waals surface area contributed by atoms with Gasteiger partial charge in [-0.05, 0) is 40.5 Å². The Bertz CT molecular complexity index is 381. The standard InChI is InChI=1S/C13H21NO3/c1-11(2)9-5-6-12(3)13(9,4)14(7-8-16-11)10(15)17-12/h9H,5-8H2,1-4H3/t9-,12+,13-/m1/s1. The Morgan fingerprint density at radius 2 is 2.00 bits per heavy atom. The highest BCUT2D eigenvalue weighted by molar-refractivity contribution is 5.73. The van der Waals surface area contributed by atoms with Gasteiger partial charge in [-0.15, -0.1) is 0 Å². The van der Waals surface area contributed by atoms with Crippen LogP contribution in [0.1, 0.15) is 40.5 Å². The summed E-state index contributed by atoms with van der Waals surface area (Å²) in [5.74, 6) is 0.342. The monoisotopic (exact) mass is 239 g/mol. The van der Waals surface area contributed by atoms with Crippen LogP contribution in [-0.2, 0) is 9.47 Å². The van der Waals surface area contributed by atoms with Crippen LogP contribution in [0.4, 0.5) is 4.79 Å². The third kappa shape index (κ3) is 1.15. The Morgan fingerprint density at radius 1 is 1.29 bits per heavy atom. The average molecular weight is 239 g/mol. The summed E-state index contributed by atoms with van der Waals surface area (Å²) in [7, 11) is 0. The first-order chi connectivity index (χ1) is 7.81. The minimum Gasteiger partial charge on any atom is -0.441 e. The topological polar surface area (TPSA) is 38.8 Å². The van der Waals surface area contributed by atoms with Crippen molar-refractivity contribution in [3.63, 3.8) is 0 Å². The summed E-state index contributed by atoms with van der Waals surface area (Å²) in [5, 5.41) is 0. The normalized spacial score (nSPS) is 47.6. The predicted molar refractivity (Wildman–Crippen MR) is 62.8 cm³/mol. The molecule has 0 bridgehead atoms. The van der Waals surface area contributed by atoms with Gasteiger partial charge in [0.1, 0.15) is 5.60 Å². The van der Waals surface area contributed by atoms with E-state index in [-0.39, 0.29) is 22.8 Å². The van der Waals surface area contributed by atoms with E-state index >= 15 is 0 Å². The molecule has 1 amide bonds. The minimum atomic E-state index is -0.347. The molecule has 96 valence electrons. The van der Waals surface area contributed by atoms with Crippen LogP contribution >= 0.6 is 0 Å². The minimum absolute atomic E-state index is 0.166. The second-order valence-corrected chi connectivity index (χ2v) is 6.44. The zero-order valence-electron chi connectivity index (χ0n) is 11.1. The molecule has 3 aliphatic rings. The van der Waals surface area contributed by atoms with E-state index in [2.05, 4.69) is 27.7 Å². The Kier molecular flexibility index (Phi) is 1.98. The number of nitrogens with zero attached hydrogens (tertiary/aromatic N) is 1. The zero-order valence-corrected chi connectivity index (χ0v) is 11.1. The van der Waals surface area contributed by atoms with Crippen molar-refractivity contribution in [3.05, 3.63) is 0 Å². The van der Waals surface area contributed by atoms with Gasteiger partial charge in [0.2, 0.25) is 0 Å². The maximum Gasteiger partial charge on any atom is 0.411 e. The first-order valence-corrected chi connectivity index (χ1v) is 6.46. The van der Waals surface area contributed by atoms with Crippen LogP contribution in [0.15, 0.2) is 0 Å². The third-order valence-electron chi connectivity index (χ3n) is 5.38. The molecule has 4 heteroatoms. The Morgan fingerprint density at radius 3 is 2.71 bits per heavy atom. The predicted octanol–water partition coefficient (Wildman–Crippen LogP) is 2.17. The number of rotatable bonds is 0. The van der Waals surface area contributed by atoms with E-state index in [1.165, 1.54) is 0 Å². The van der Waals surface area contributed by atoms with Crippen molar-refractivity contribution in [1.82, 2.24) is 4.90 Å². The number of carbonyl (C=O) groups is 1. The van der Waals surface area contributed by atoms with E-state index in [0.717, 1.165) is 12.8 Å². The molecule has 0 aromatic rings. The van der Waals surface area contributed by atoms with Gasteiger partial charge in [-0.1, -0.05) is 0 Å². The van der Waals surface area contributed by atoms with E-state index in [4.69, 9.17) is 9.47 Å². The summed E-state index contributed by atoms with van der Waals surface area (Å²) in [4.78, 5) is 13.9. The molecule has 0 unspecified atom stereocenters. The van der Waals surface area contributed by atoms with Crippen molar-refractivity contribution in [2.45, 2.75) is 57.3 Å². The second kappa shape index (κ2) is 2.97. The molecule has 1 aliphatic carbocycles. The molecule has 0 aromatic heterocycles. The van der Waals surface area contributed by atoms with Crippen LogP contribution in [0.5, 0.6) is 0 Å². The highest BCUT2D eigenvalue weighted by atomic mass is 16.6. The zero-order chi connectivity index (χ0) is 12.5. The van der Waals surface area contributed by atoms with Crippen molar-refractivity contribution in [2.24, 2.45) is 5.92 Å². The van der Waals surface area contributed by atoms with Gasteiger partial charge in [-0.3, -0.25) is 4.90 Å². The van der Waals surface area contributed by atoms with Crippen LogP contribution in [0, 0.1) is 5.92 Å². The second-order valence-electron chi connectivity index (χ2n) is 6.44. The maximum absolute atomic E-state index is 12.0. The molecule has 0 aromatic carbocycles. The first-order valence-electron chi connectivity index (χ1n) is 6.46. The van der Waals surface area contributed by atoms with Gasteiger partial charge in [0.25, 0.3) is 0 Å². The van der Waals surface area contributed by atoms with Crippen molar-refractivity contribution in [1.29, 1.82) is 0 Å². The van der Waals surface area contributed by atoms with E-state index < -0.39 is 0 Å². The molecule has 2 saturated heterocycles. The summed E-state index contributed by atoms with van der Waals surface area (Å²) >= 11 is 0. The number of hydrogen-bond donors (Lipinski definition) is 0. The van der Waals surface area contributed by atoms with Crippen LogP contribution in [-0.4, -0.2) is 40.9 Å². The molecule has 2 aliphatic heterocycles. The molecular weight excluding hydrogens is 218 g/mol. The fourth-order valence-corrected chi connectivity index (χ4v) is 4.24. The molecule has 4 nitrogen and oxygen atoms in total. The number of hydrogen-bond acceptors (Lipinski definition) is 3. The quantitative estimate of drug-likeness (QED) is 0.650. The molecule has 2 heterocycles. The number of carbonyl (C=O) groups excluding carboxylic acids is 1. The molecule has 3 atom stereocenters. The van der Waals surface area contributed by atoms with Gasteiger partial charge < -0.3 is 9.47 Å². The van der Waals surface area contributed by atoms with Crippen LogP contribution in [0.25, 0.3) is 0 Å². The van der Waals surface area contributed by atoms with Gasteiger partial charge in [0, 0.05) is 12.5 Å². The smallest absolute Gasteiger partial charge is 0.411 e. The number of amides is 1. The van der Waals surface area contributed by atoms with Gasteiger partial charge in [-0.25, -0.2) is 4.79 Å². The first kappa shape index (κ1) is 11.3. The van der Waals surface area contributed by atoms with Gasteiger partial charge in [-0.2, -0.15) is 0 Å². The molecule has 17 heavy (non-hydrogen) atoms. The van der Waals surface area contributed by atoms with Crippen molar-refractivity contribution in [3.8, 4) is 0 Å². The van der Waals surface area contributed by atoms with Gasteiger partial charge >= 0.3 is 6.09 Å². The molecule has 0 spiro atoms. The van der Waals surface area contributed by atoms with Crippen molar-refractivity contribution >= 4 is 6.09 Å². The molecule has 0 N–H and O–H groups in total. The van der Waals surface area contributed by atoms with E-state index in [9.17, 15) is 4.79 Å². The lowest BCUT2D eigenvalue weighted by Gasteiger charge is -2.43. The summed E-state index contributed by atoms with van der Waals surface area (Å²) < 4.78 is 11.6. The SMILES string of the molecule is CC1(C)OCCN2C(=O)O[C@@]3(C)CC[C@H]1[C@@]23C. The van der Waals surface area contributed by atoms with E-state index in [0.29, 0.717) is 19.1 Å². The lowest BCUT2D eigenvalue weighted by atomic mass is 9.73. The van der Waals surface area contributed by atoms with E-state index in [1.54, 1.807) is 0 Å². The number of ether oxygens (including phenoxy) is 2. The van der Waals surface area contributed by atoms with Crippen LogP contribution in [0.2, 0.25) is 0 Å². The third-order valence-corrected chi connectivity index (χ3v) is 5.38. The fourth-order valence-electron chi connectivity index (χ4n) is 4.24. The maximum atomic E-state index is 12.0. The van der Waals surface area contributed by atoms with Crippen molar-refractivity contribution < 1.29 is 14.3 Å². The Labute approximate surface area is 102 Å². The summed E-state index contributed by atoms with van der Waals surface area (Å²) in [6, 6.07) is 0. The summed E-state index contributed by atoms with van der Waals surface area (Å²) in [6.07, 6.45) is 1.83. The summed E-state index contributed by atoms with van der Waals surface area (Å²) in [6.45, 7) is 9.77. The molecule has 1 saturated carbocycles. The highest BCUT2D eigenvalue weighted by Gasteiger charge is 2.70. The highest BCUT2D eigenvalue weighted by Crippen LogP contribution is 2.58. The fraction of sp³-hybridized carbons (Fsp3) is 0.923. The van der Waals surface area contributed by atoms with Crippen LogP contribution < -0.4 is 0 Å². The molecular formula is C13H21NO3. The molecule has 3 fully saturated rings. The summed E-state index contributed by atoms with van der Waals surface area (Å²) in [5.41, 5.74) is -0.751.